The number of hydrogen-bond acceptors (Lipinski definition) is 5. The summed E-state index contributed by atoms with van der Waals surface area (Å²) in [5.74, 6) is -0.131. The standard InChI is InChI=1S/C19H15BrN2O4S/c1-11-8-13(20)4-7-15(11)21-17(23)10-26-14-5-2-12(3-6-14)9-16-18(24)22-19(25)27-16/h2-9H,10H2,1H3,(H,21,23)(H,22,24,25)/b16-9-. The van der Waals surface area contributed by atoms with Crippen LogP contribution in [0.15, 0.2) is 51.8 Å². The zero-order valence-electron chi connectivity index (χ0n) is 14.2. The van der Waals surface area contributed by atoms with Crippen LogP contribution in [-0.2, 0) is 9.59 Å². The first kappa shape index (κ1) is 19.2. The Bertz CT molecular complexity index is 941. The van der Waals surface area contributed by atoms with E-state index in [1.54, 1.807) is 30.3 Å². The highest BCUT2D eigenvalue weighted by atomic mass is 79.9. The molecule has 2 aromatic carbocycles. The van der Waals surface area contributed by atoms with Crippen molar-refractivity contribution in [2.75, 3.05) is 11.9 Å². The van der Waals surface area contributed by atoms with E-state index in [1.165, 1.54) is 0 Å². The SMILES string of the molecule is Cc1cc(Br)ccc1NC(=O)COc1ccc(/C=C2\SC(=O)NC2=O)cc1. The minimum Gasteiger partial charge on any atom is -0.484 e. The third-order valence-corrected chi connectivity index (χ3v) is 4.96. The van der Waals surface area contributed by atoms with Gasteiger partial charge in [0, 0.05) is 10.2 Å². The fourth-order valence-corrected chi connectivity index (χ4v) is 3.49. The van der Waals surface area contributed by atoms with Gasteiger partial charge in [-0.05, 0) is 66.2 Å². The summed E-state index contributed by atoms with van der Waals surface area (Å²) in [5, 5.41) is 4.63. The molecule has 0 spiro atoms. The van der Waals surface area contributed by atoms with Crippen LogP contribution in [-0.4, -0.2) is 23.7 Å². The smallest absolute Gasteiger partial charge is 0.290 e. The first-order chi connectivity index (χ1) is 12.9. The molecule has 1 fully saturated rings. The van der Waals surface area contributed by atoms with E-state index in [9.17, 15) is 14.4 Å². The molecular formula is C19H15BrN2O4S. The van der Waals surface area contributed by atoms with Crippen molar-refractivity contribution in [2.24, 2.45) is 0 Å². The molecule has 0 aliphatic carbocycles. The zero-order chi connectivity index (χ0) is 19.4. The van der Waals surface area contributed by atoms with Gasteiger partial charge >= 0.3 is 0 Å². The predicted molar refractivity (Wildman–Crippen MR) is 109 cm³/mol. The first-order valence-corrected chi connectivity index (χ1v) is 9.55. The molecule has 1 saturated heterocycles. The third kappa shape index (κ3) is 5.21. The van der Waals surface area contributed by atoms with Gasteiger partial charge in [0.15, 0.2) is 6.61 Å². The normalized spacial score (nSPS) is 15.0. The van der Waals surface area contributed by atoms with Crippen molar-refractivity contribution in [2.45, 2.75) is 6.92 Å². The second-order valence-corrected chi connectivity index (χ2v) is 7.65. The quantitative estimate of drug-likeness (QED) is 0.675. The van der Waals surface area contributed by atoms with Gasteiger partial charge in [-0.2, -0.15) is 0 Å². The number of carbonyl (C=O) groups is 3. The summed E-state index contributed by atoms with van der Waals surface area (Å²) < 4.78 is 6.43. The van der Waals surface area contributed by atoms with E-state index in [2.05, 4.69) is 26.6 Å². The summed E-state index contributed by atoms with van der Waals surface area (Å²) >= 11 is 4.25. The maximum absolute atomic E-state index is 12.1. The molecule has 0 bridgehead atoms. The van der Waals surface area contributed by atoms with Crippen molar-refractivity contribution in [3.05, 3.63) is 63.0 Å². The van der Waals surface area contributed by atoms with Crippen molar-refractivity contribution in [1.29, 1.82) is 0 Å². The van der Waals surface area contributed by atoms with Crippen molar-refractivity contribution >= 4 is 56.5 Å². The van der Waals surface area contributed by atoms with E-state index >= 15 is 0 Å². The number of imide groups is 1. The molecule has 1 heterocycles. The molecule has 0 saturated carbocycles. The van der Waals surface area contributed by atoms with Crippen LogP contribution in [0.2, 0.25) is 0 Å². The van der Waals surface area contributed by atoms with Gasteiger partial charge in [-0.1, -0.05) is 28.1 Å². The number of benzene rings is 2. The molecule has 138 valence electrons. The lowest BCUT2D eigenvalue weighted by Crippen LogP contribution is -2.20. The van der Waals surface area contributed by atoms with Crippen molar-refractivity contribution < 1.29 is 19.1 Å². The van der Waals surface area contributed by atoms with E-state index in [0.29, 0.717) is 10.7 Å². The van der Waals surface area contributed by atoms with E-state index in [-0.39, 0.29) is 17.8 Å². The number of halogens is 1. The van der Waals surface area contributed by atoms with Crippen molar-refractivity contribution in [3.63, 3.8) is 0 Å². The topological polar surface area (TPSA) is 84.5 Å². The zero-order valence-corrected chi connectivity index (χ0v) is 16.6. The van der Waals surface area contributed by atoms with Crippen LogP contribution >= 0.6 is 27.7 Å². The van der Waals surface area contributed by atoms with Crippen LogP contribution in [0.1, 0.15) is 11.1 Å². The molecule has 6 nitrogen and oxygen atoms in total. The number of anilines is 1. The Labute approximate surface area is 168 Å². The maximum atomic E-state index is 12.1. The maximum Gasteiger partial charge on any atom is 0.290 e. The fourth-order valence-electron chi connectivity index (χ4n) is 2.34. The number of amides is 3. The lowest BCUT2D eigenvalue weighted by atomic mass is 10.2. The van der Waals surface area contributed by atoms with Gasteiger partial charge in [0.05, 0.1) is 4.91 Å². The van der Waals surface area contributed by atoms with Gasteiger partial charge in [0.2, 0.25) is 0 Å². The van der Waals surface area contributed by atoms with Gasteiger partial charge in [-0.25, -0.2) is 0 Å². The monoisotopic (exact) mass is 446 g/mol. The number of nitrogens with one attached hydrogen (secondary N) is 2. The number of aryl methyl sites for hydroxylation is 1. The first-order valence-electron chi connectivity index (χ1n) is 7.94. The number of hydrogen-bond donors (Lipinski definition) is 2. The molecule has 0 unspecified atom stereocenters. The van der Waals surface area contributed by atoms with Gasteiger partial charge in [-0.15, -0.1) is 0 Å². The summed E-state index contributed by atoms with van der Waals surface area (Å²) in [4.78, 5) is 35.1. The lowest BCUT2D eigenvalue weighted by molar-refractivity contribution is -0.118. The van der Waals surface area contributed by atoms with E-state index in [0.717, 1.165) is 33.0 Å². The average Bonchev–Trinajstić information content (AvgIpc) is 2.94. The minimum absolute atomic E-state index is 0.122. The van der Waals surface area contributed by atoms with E-state index < -0.39 is 5.91 Å². The Hall–Kier alpha value is -2.58. The summed E-state index contributed by atoms with van der Waals surface area (Å²) in [6.07, 6.45) is 1.62. The number of carbonyl (C=O) groups excluding carboxylic acids is 3. The van der Waals surface area contributed by atoms with Crippen LogP contribution in [0.25, 0.3) is 6.08 Å². The van der Waals surface area contributed by atoms with Gasteiger partial charge in [0.1, 0.15) is 5.75 Å². The highest BCUT2D eigenvalue weighted by Gasteiger charge is 2.24. The molecule has 2 N–H and O–H groups in total. The summed E-state index contributed by atoms with van der Waals surface area (Å²) in [6, 6.07) is 12.5. The van der Waals surface area contributed by atoms with Gasteiger partial charge < -0.3 is 10.1 Å². The second kappa shape index (κ2) is 8.41. The Morgan fingerprint density at radius 3 is 2.59 bits per heavy atom. The van der Waals surface area contributed by atoms with Crippen LogP contribution in [0.3, 0.4) is 0 Å². The average molecular weight is 447 g/mol. The Morgan fingerprint density at radius 1 is 1.22 bits per heavy atom. The molecule has 1 aliphatic heterocycles. The molecule has 0 atom stereocenters. The predicted octanol–water partition coefficient (Wildman–Crippen LogP) is 4.10. The minimum atomic E-state index is -0.398. The highest BCUT2D eigenvalue weighted by Crippen LogP contribution is 2.26. The van der Waals surface area contributed by atoms with Crippen molar-refractivity contribution in [1.82, 2.24) is 5.32 Å². The molecule has 8 heteroatoms. The molecule has 3 amide bonds. The molecular weight excluding hydrogens is 432 g/mol. The molecule has 3 rings (SSSR count). The molecule has 27 heavy (non-hydrogen) atoms. The third-order valence-electron chi connectivity index (χ3n) is 3.65. The molecule has 1 aliphatic rings. The highest BCUT2D eigenvalue weighted by molar-refractivity contribution is 9.10. The lowest BCUT2D eigenvalue weighted by Gasteiger charge is -2.10. The van der Waals surface area contributed by atoms with Crippen LogP contribution in [0.5, 0.6) is 5.75 Å². The molecule has 0 aromatic heterocycles. The number of thioether (sulfide) groups is 1. The largest absolute Gasteiger partial charge is 0.484 e. The summed E-state index contributed by atoms with van der Waals surface area (Å²) in [7, 11) is 0. The van der Waals surface area contributed by atoms with Crippen LogP contribution < -0.4 is 15.4 Å². The van der Waals surface area contributed by atoms with Gasteiger partial charge in [-0.3, -0.25) is 19.7 Å². The van der Waals surface area contributed by atoms with Crippen LogP contribution in [0, 0.1) is 6.92 Å². The Morgan fingerprint density at radius 2 is 1.96 bits per heavy atom. The van der Waals surface area contributed by atoms with Crippen LogP contribution in [0.4, 0.5) is 10.5 Å². The molecule has 0 radical (unpaired) electrons. The fraction of sp³-hybridized carbons (Fsp3) is 0.105. The second-order valence-electron chi connectivity index (χ2n) is 5.72. The van der Waals surface area contributed by atoms with E-state index in [1.807, 2.05) is 25.1 Å². The van der Waals surface area contributed by atoms with E-state index in [4.69, 9.17) is 4.74 Å². The summed E-state index contributed by atoms with van der Waals surface area (Å²) in [6.45, 7) is 1.79. The Kier molecular flexibility index (Phi) is 5.98. The number of ether oxygens (including phenoxy) is 1. The van der Waals surface area contributed by atoms with Crippen molar-refractivity contribution in [3.8, 4) is 5.75 Å². The Balaban J connectivity index is 1.55. The number of rotatable bonds is 5. The molecule has 2 aromatic rings. The van der Waals surface area contributed by atoms with Gasteiger partial charge in [0.25, 0.3) is 17.1 Å². The summed E-state index contributed by atoms with van der Waals surface area (Å²) in [5.41, 5.74) is 2.43.